The number of benzene rings is 2. The molecule has 3 N–H and O–H groups in total. The van der Waals surface area contributed by atoms with E-state index in [1.54, 1.807) is 0 Å². The summed E-state index contributed by atoms with van der Waals surface area (Å²) >= 11 is 6.24. The quantitative estimate of drug-likeness (QED) is 0.331. The predicted molar refractivity (Wildman–Crippen MR) is 137 cm³/mol. The van der Waals surface area contributed by atoms with Gasteiger partial charge in [0, 0.05) is 29.9 Å². The van der Waals surface area contributed by atoms with Gasteiger partial charge in [-0.15, -0.1) is 0 Å². The molecule has 2 bridgehead atoms. The van der Waals surface area contributed by atoms with Crippen molar-refractivity contribution in [3.8, 4) is 0 Å². The largest absolute Gasteiger partial charge is 0.387 e. The lowest BCUT2D eigenvalue weighted by Crippen LogP contribution is -2.54. The summed E-state index contributed by atoms with van der Waals surface area (Å²) in [6.07, 6.45) is 2.16. The van der Waals surface area contributed by atoms with E-state index in [0.717, 1.165) is 11.6 Å². The first kappa shape index (κ1) is 27.7. The van der Waals surface area contributed by atoms with Gasteiger partial charge < -0.3 is 15.7 Å². The molecule has 0 radical (unpaired) electrons. The van der Waals surface area contributed by atoms with Crippen molar-refractivity contribution in [1.29, 1.82) is 0 Å². The predicted octanol–water partition coefficient (Wildman–Crippen LogP) is 4.40. The number of halogens is 4. The average molecular weight is 583 g/mol. The molecule has 3 fully saturated rings. The summed E-state index contributed by atoms with van der Waals surface area (Å²) in [6.45, 7) is 3.82. The number of amides is 2. The van der Waals surface area contributed by atoms with Gasteiger partial charge in [-0.1, -0.05) is 23.8 Å². The molecule has 3 aliphatic carbocycles. The summed E-state index contributed by atoms with van der Waals surface area (Å²) in [4.78, 5) is 24.7. The molecule has 2 amide bonds. The fourth-order valence-electron chi connectivity index (χ4n) is 5.86. The van der Waals surface area contributed by atoms with Crippen LogP contribution in [0.1, 0.15) is 42.5 Å². The van der Waals surface area contributed by atoms with Crippen LogP contribution in [0.5, 0.6) is 0 Å². The van der Waals surface area contributed by atoms with Crippen molar-refractivity contribution in [1.82, 2.24) is 5.32 Å². The topological polar surface area (TPSA) is 113 Å². The van der Waals surface area contributed by atoms with Crippen LogP contribution >= 0.6 is 11.6 Å². The van der Waals surface area contributed by atoms with E-state index >= 15 is 0 Å². The molecule has 0 spiro atoms. The van der Waals surface area contributed by atoms with E-state index in [4.69, 9.17) is 11.6 Å². The van der Waals surface area contributed by atoms with Gasteiger partial charge in [0.05, 0.1) is 26.7 Å². The van der Waals surface area contributed by atoms with Gasteiger partial charge in [0.25, 0.3) is 5.91 Å². The van der Waals surface area contributed by atoms with E-state index in [9.17, 15) is 36.3 Å². The third kappa shape index (κ3) is 5.07. The van der Waals surface area contributed by atoms with Gasteiger partial charge in [0.1, 0.15) is 0 Å². The molecule has 0 aliphatic heterocycles. The first-order valence-electron chi connectivity index (χ1n) is 12.5. The number of rotatable bonds is 7. The average Bonchev–Trinajstić information content (AvgIpc) is 3.60. The van der Waals surface area contributed by atoms with Gasteiger partial charge in [-0.2, -0.15) is 0 Å². The maximum absolute atomic E-state index is 13.7. The Labute approximate surface area is 228 Å². The maximum Gasteiger partial charge on any atom is 0.255 e. The molecule has 0 saturated heterocycles. The van der Waals surface area contributed by atoms with Crippen LogP contribution in [-0.2, 0) is 14.6 Å². The molecule has 4 unspecified atom stereocenters. The summed E-state index contributed by atoms with van der Waals surface area (Å²) in [6, 6.07) is 4.80. The van der Waals surface area contributed by atoms with Gasteiger partial charge >= 0.3 is 0 Å². The Kier molecular flexibility index (Phi) is 7.05. The lowest BCUT2D eigenvalue weighted by Gasteiger charge is -2.42. The van der Waals surface area contributed by atoms with Crippen LogP contribution < -0.4 is 10.6 Å². The third-order valence-electron chi connectivity index (χ3n) is 8.21. The van der Waals surface area contributed by atoms with Crippen LogP contribution in [0.15, 0.2) is 47.4 Å². The normalized spacial score (nSPS) is 27.8. The van der Waals surface area contributed by atoms with E-state index in [-0.39, 0.29) is 64.2 Å². The molecule has 3 saturated carbocycles. The van der Waals surface area contributed by atoms with Gasteiger partial charge in [-0.25, -0.2) is 21.6 Å². The van der Waals surface area contributed by atoms with Crippen molar-refractivity contribution in [2.24, 2.45) is 17.8 Å². The summed E-state index contributed by atoms with van der Waals surface area (Å²) in [5.74, 6) is -6.66. The van der Waals surface area contributed by atoms with Crippen LogP contribution in [0.3, 0.4) is 0 Å². The minimum atomic E-state index is -4.05. The van der Waals surface area contributed by atoms with E-state index in [1.807, 2.05) is 0 Å². The molecule has 2 aromatic rings. The number of hydrogen-bond donors (Lipinski definition) is 3. The highest BCUT2D eigenvalue weighted by atomic mass is 35.5. The van der Waals surface area contributed by atoms with Gasteiger partial charge in [-0.3, -0.25) is 9.59 Å². The van der Waals surface area contributed by atoms with Gasteiger partial charge in [-0.05, 0) is 62.1 Å². The van der Waals surface area contributed by atoms with Crippen LogP contribution in [0.4, 0.5) is 18.9 Å². The summed E-state index contributed by atoms with van der Waals surface area (Å²) in [5.41, 5.74) is -0.856. The monoisotopic (exact) mass is 582 g/mol. The van der Waals surface area contributed by atoms with Crippen molar-refractivity contribution >= 4 is 38.9 Å². The summed E-state index contributed by atoms with van der Waals surface area (Å²) < 4.78 is 67.7. The van der Waals surface area contributed by atoms with Crippen molar-refractivity contribution in [2.75, 3.05) is 11.9 Å². The SMILES string of the molecule is C=C1CC1C(=O)NCC1(O)C2CC[C@H]1CC(S(=O)(=O)c1cc(C(=O)Nc3cc(F)c(F)c(F)c3)ccc1Cl)C2. The smallest absolute Gasteiger partial charge is 0.255 e. The molecule has 5 rings (SSSR count). The van der Waals surface area contributed by atoms with E-state index in [0.29, 0.717) is 31.4 Å². The Balaban J connectivity index is 1.32. The van der Waals surface area contributed by atoms with Crippen molar-refractivity contribution < 1.29 is 36.3 Å². The molecular weight excluding hydrogens is 557 g/mol. The highest BCUT2D eigenvalue weighted by molar-refractivity contribution is 7.92. The molecule has 2 aromatic carbocycles. The van der Waals surface area contributed by atoms with Crippen LogP contribution in [0.2, 0.25) is 5.02 Å². The van der Waals surface area contributed by atoms with Crippen molar-refractivity contribution in [2.45, 2.75) is 47.9 Å². The molecule has 3 aliphatic rings. The second-order valence-corrected chi connectivity index (χ2v) is 13.2. The lowest BCUT2D eigenvalue weighted by atomic mass is 9.74. The third-order valence-corrected chi connectivity index (χ3v) is 10.9. The second-order valence-electron chi connectivity index (χ2n) is 10.6. The fourth-order valence-corrected chi connectivity index (χ4v) is 8.26. The molecule has 39 heavy (non-hydrogen) atoms. The number of fused-ring (bicyclic) bond motifs is 2. The number of carbonyl (C=O) groups is 2. The van der Waals surface area contributed by atoms with E-state index in [1.165, 1.54) is 12.1 Å². The maximum atomic E-state index is 13.7. The number of anilines is 1. The zero-order chi connectivity index (χ0) is 28.3. The number of aliphatic hydroxyl groups is 1. The van der Waals surface area contributed by atoms with Crippen molar-refractivity contribution in [3.05, 3.63) is 70.5 Å². The minimum absolute atomic E-state index is 0.0404. The molecule has 12 heteroatoms. The Hall–Kier alpha value is -2.89. The minimum Gasteiger partial charge on any atom is -0.387 e. The number of hydrogen-bond acceptors (Lipinski definition) is 5. The zero-order valence-corrected chi connectivity index (χ0v) is 22.2. The number of nitrogens with one attached hydrogen (secondary N) is 2. The zero-order valence-electron chi connectivity index (χ0n) is 20.6. The van der Waals surface area contributed by atoms with Gasteiger partial charge in [0.2, 0.25) is 5.91 Å². The lowest BCUT2D eigenvalue weighted by molar-refractivity contribution is -0.125. The van der Waals surface area contributed by atoms with Crippen molar-refractivity contribution in [3.63, 3.8) is 0 Å². The first-order chi connectivity index (χ1) is 18.3. The Morgan fingerprint density at radius 2 is 1.67 bits per heavy atom. The van der Waals surface area contributed by atoms with E-state index < -0.39 is 44.0 Å². The Bertz CT molecular complexity index is 1460. The molecule has 0 heterocycles. The molecule has 0 aromatic heterocycles. The standard InChI is InChI=1S/C27H26ClF3N2O5S/c1-13-6-19(13)26(35)32-12-27(36)15-3-4-16(27)9-18(8-15)39(37,38)23-7-14(2-5-20(23)28)25(34)33-17-10-21(29)24(31)22(30)11-17/h2,5,7,10-11,15-16,18-19,36H,1,3-4,6,8-9,12H2,(H,32,35)(H,33,34)/t15-,16?,18?,19?,27?/m0/s1. The highest BCUT2D eigenvalue weighted by Gasteiger charge is 2.56. The fraction of sp³-hybridized carbons (Fsp3) is 0.407. The molecule has 208 valence electrons. The van der Waals surface area contributed by atoms with E-state index in [2.05, 4.69) is 17.2 Å². The number of sulfone groups is 1. The van der Waals surface area contributed by atoms with Crippen LogP contribution in [0.25, 0.3) is 0 Å². The van der Waals surface area contributed by atoms with Crippen LogP contribution in [-0.4, -0.2) is 42.7 Å². The van der Waals surface area contributed by atoms with Gasteiger partial charge in [0.15, 0.2) is 27.3 Å². The summed E-state index contributed by atoms with van der Waals surface area (Å²) in [7, 11) is -4.05. The molecule has 5 atom stereocenters. The Morgan fingerprint density at radius 3 is 2.23 bits per heavy atom. The highest BCUT2D eigenvalue weighted by Crippen LogP contribution is 2.52. The van der Waals surface area contributed by atoms with Crippen LogP contribution in [0, 0.1) is 35.2 Å². The second kappa shape index (κ2) is 9.94. The number of carbonyl (C=O) groups excluding carboxylic acids is 2. The first-order valence-corrected chi connectivity index (χ1v) is 14.4. The Morgan fingerprint density at radius 1 is 1.08 bits per heavy atom. The molecular formula is C27H26ClF3N2O5S. The molecule has 7 nitrogen and oxygen atoms in total. The summed E-state index contributed by atoms with van der Waals surface area (Å²) in [5, 5.41) is 15.5.